The molecular formula is C17H24F3N3O4. The molecule has 2 rings (SSSR count). The van der Waals surface area contributed by atoms with E-state index >= 15 is 0 Å². The van der Waals surface area contributed by atoms with Crippen molar-refractivity contribution in [3.8, 4) is 11.5 Å². The second kappa shape index (κ2) is 9.23. The van der Waals surface area contributed by atoms with Crippen LogP contribution in [-0.2, 0) is 6.54 Å². The molecule has 1 aromatic rings. The van der Waals surface area contributed by atoms with E-state index in [0.29, 0.717) is 18.2 Å². The summed E-state index contributed by atoms with van der Waals surface area (Å²) in [5, 5.41) is 14.6. The minimum atomic E-state index is -4.55. The molecule has 0 saturated carbocycles. The Bertz CT molecular complexity index is 655. The van der Waals surface area contributed by atoms with Crippen molar-refractivity contribution in [2.75, 3.05) is 33.4 Å². The molecule has 0 aromatic heterocycles. The Hall–Kier alpha value is -2.07. The number of nitrogens with one attached hydrogen (secondary N) is 1. The van der Waals surface area contributed by atoms with Crippen molar-refractivity contribution in [3.05, 3.63) is 27.8 Å². The number of halogens is 3. The molecule has 1 unspecified atom stereocenters. The van der Waals surface area contributed by atoms with Gasteiger partial charge in [-0.3, -0.25) is 15.0 Å². The maximum atomic E-state index is 12.4. The zero-order valence-electron chi connectivity index (χ0n) is 15.3. The summed E-state index contributed by atoms with van der Waals surface area (Å²) >= 11 is 0. The molecule has 1 fully saturated rings. The predicted octanol–water partition coefficient (Wildman–Crippen LogP) is 3.12. The lowest BCUT2D eigenvalue weighted by atomic mass is 10.1. The second-order valence-corrected chi connectivity index (χ2v) is 6.35. The van der Waals surface area contributed by atoms with Gasteiger partial charge in [-0.1, -0.05) is 6.92 Å². The number of nitro groups is 1. The summed E-state index contributed by atoms with van der Waals surface area (Å²) in [6.45, 7) is 3.42. The molecule has 0 radical (unpaired) electrons. The van der Waals surface area contributed by atoms with Crippen LogP contribution in [0.5, 0.6) is 11.5 Å². The number of likely N-dealkylation sites (N-methyl/N-ethyl adjacent to an activating group) is 1. The number of rotatable bonds is 9. The standard InChI is InChI=1S/C17H24F3N3O4/c1-3-22-6-4-5-13(22)10-21-9-12-7-15(26-2)16(8-14(12)23(24)25)27-11-17(18,19)20/h7-8,13,21H,3-6,9-11H2,1-2H3. The monoisotopic (exact) mass is 391 g/mol. The van der Waals surface area contributed by atoms with Gasteiger partial charge in [-0.25, -0.2) is 0 Å². The second-order valence-electron chi connectivity index (χ2n) is 6.35. The molecule has 152 valence electrons. The first kappa shape index (κ1) is 21.2. The Morgan fingerprint density at radius 3 is 2.70 bits per heavy atom. The Kier molecular flexibility index (Phi) is 7.25. The summed E-state index contributed by atoms with van der Waals surface area (Å²) < 4.78 is 46.9. The first-order chi connectivity index (χ1) is 12.7. The van der Waals surface area contributed by atoms with Crippen LogP contribution in [0.2, 0.25) is 0 Å². The van der Waals surface area contributed by atoms with Crippen molar-refractivity contribution in [2.24, 2.45) is 0 Å². The number of benzene rings is 1. The van der Waals surface area contributed by atoms with Crippen molar-refractivity contribution in [1.29, 1.82) is 0 Å². The van der Waals surface area contributed by atoms with Crippen molar-refractivity contribution in [3.63, 3.8) is 0 Å². The van der Waals surface area contributed by atoms with E-state index in [1.165, 1.54) is 13.2 Å². The zero-order valence-corrected chi connectivity index (χ0v) is 15.3. The first-order valence-electron chi connectivity index (χ1n) is 8.74. The summed E-state index contributed by atoms with van der Waals surface area (Å²) in [5.74, 6) is -0.282. The van der Waals surface area contributed by atoms with Crippen LogP contribution < -0.4 is 14.8 Å². The van der Waals surface area contributed by atoms with Crippen molar-refractivity contribution in [2.45, 2.75) is 38.5 Å². The molecule has 1 atom stereocenters. The predicted molar refractivity (Wildman–Crippen MR) is 93.2 cm³/mol. The zero-order chi connectivity index (χ0) is 20.0. The van der Waals surface area contributed by atoms with Crippen LogP contribution in [0.15, 0.2) is 12.1 Å². The van der Waals surface area contributed by atoms with Gasteiger partial charge in [0.15, 0.2) is 18.1 Å². The smallest absolute Gasteiger partial charge is 0.422 e. The SMILES string of the molecule is CCN1CCCC1CNCc1cc(OC)c(OCC(F)(F)F)cc1[N+](=O)[O-]. The highest BCUT2D eigenvalue weighted by Gasteiger charge is 2.30. The maximum absolute atomic E-state index is 12.4. The molecule has 1 aliphatic heterocycles. The Morgan fingerprint density at radius 1 is 1.37 bits per heavy atom. The number of likely N-dealkylation sites (tertiary alicyclic amines) is 1. The van der Waals surface area contributed by atoms with Crippen molar-refractivity contribution in [1.82, 2.24) is 10.2 Å². The topological polar surface area (TPSA) is 76.9 Å². The highest BCUT2D eigenvalue weighted by Crippen LogP contribution is 2.35. The molecule has 1 aromatic carbocycles. The quantitative estimate of drug-likeness (QED) is 0.515. The van der Waals surface area contributed by atoms with Crippen LogP contribution in [-0.4, -0.2) is 55.4 Å². The summed E-state index contributed by atoms with van der Waals surface area (Å²) in [7, 11) is 1.27. The average molecular weight is 391 g/mol. The van der Waals surface area contributed by atoms with Crippen LogP contribution in [0.25, 0.3) is 0 Å². The lowest BCUT2D eigenvalue weighted by Crippen LogP contribution is -2.37. The molecule has 0 bridgehead atoms. The van der Waals surface area contributed by atoms with E-state index in [0.717, 1.165) is 32.0 Å². The molecule has 7 nitrogen and oxygen atoms in total. The van der Waals surface area contributed by atoms with Gasteiger partial charge in [0.1, 0.15) is 0 Å². The van der Waals surface area contributed by atoms with Gasteiger partial charge < -0.3 is 14.8 Å². The molecular weight excluding hydrogens is 367 g/mol. The van der Waals surface area contributed by atoms with Gasteiger partial charge in [0, 0.05) is 24.7 Å². The molecule has 1 aliphatic rings. The summed E-state index contributed by atoms with van der Waals surface area (Å²) in [6.07, 6.45) is -2.36. The third kappa shape index (κ3) is 5.96. The Balaban J connectivity index is 2.11. The third-order valence-electron chi connectivity index (χ3n) is 4.55. The minimum absolute atomic E-state index is 0.0256. The molecule has 27 heavy (non-hydrogen) atoms. The molecule has 10 heteroatoms. The molecule has 1 heterocycles. The van der Waals surface area contributed by atoms with Crippen LogP contribution in [0.3, 0.4) is 0 Å². The third-order valence-corrected chi connectivity index (χ3v) is 4.55. The van der Waals surface area contributed by atoms with Gasteiger partial charge in [0.25, 0.3) is 5.69 Å². The van der Waals surface area contributed by atoms with Gasteiger partial charge >= 0.3 is 6.18 Å². The van der Waals surface area contributed by atoms with Crippen LogP contribution in [0.1, 0.15) is 25.3 Å². The molecule has 1 saturated heterocycles. The fourth-order valence-electron chi connectivity index (χ4n) is 3.25. The minimum Gasteiger partial charge on any atom is -0.493 e. The highest BCUT2D eigenvalue weighted by molar-refractivity contribution is 5.54. The lowest BCUT2D eigenvalue weighted by Gasteiger charge is -2.23. The molecule has 1 N–H and O–H groups in total. The molecule has 0 aliphatic carbocycles. The number of ether oxygens (including phenoxy) is 2. The number of nitrogens with zero attached hydrogens (tertiary/aromatic N) is 2. The van der Waals surface area contributed by atoms with Gasteiger partial charge in [0.05, 0.1) is 18.1 Å². The first-order valence-corrected chi connectivity index (χ1v) is 8.74. The summed E-state index contributed by atoms with van der Waals surface area (Å²) in [6, 6.07) is 2.71. The summed E-state index contributed by atoms with van der Waals surface area (Å²) in [5.41, 5.74) is 0.0245. The van der Waals surface area contributed by atoms with E-state index in [-0.39, 0.29) is 23.7 Å². The van der Waals surface area contributed by atoms with E-state index in [1.807, 2.05) is 0 Å². The largest absolute Gasteiger partial charge is 0.493 e. The highest BCUT2D eigenvalue weighted by atomic mass is 19.4. The Morgan fingerprint density at radius 2 is 2.11 bits per heavy atom. The normalized spacial score (nSPS) is 17.9. The Labute approximate surface area is 155 Å². The van der Waals surface area contributed by atoms with E-state index < -0.39 is 17.7 Å². The average Bonchev–Trinajstić information content (AvgIpc) is 3.06. The van der Waals surface area contributed by atoms with Gasteiger partial charge in [-0.15, -0.1) is 0 Å². The number of nitro benzene ring substituents is 1. The van der Waals surface area contributed by atoms with Gasteiger partial charge in [-0.05, 0) is 32.0 Å². The fraction of sp³-hybridized carbons (Fsp3) is 0.647. The van der Waals surface area contributed by atoms with E-state index in [1.54, 1.807) is 0 Å². The van der Waals surface area contributed by atoms with E-state index in [4.69, 9.17) is 4.74 Å². The number of hydrogen-bond donors (Lipinski definition) is 1. The van der Waals surface area contributed by atoms with Crippen molar-refractivity contribution >= 4 is 5.69 Å². The number of hydrogen-bond acceptors (Lipinski definition) is 6. The van der Waals surface area contributed by atoms with Crippen molar-refractivity contribution < 1.29 is 27.6 Å². The number of alkyl halides is 3. The van der Waals surface area contributed by atoms with Crippen LogP contribution >= 0.6 is 0 Å². The van der Waals surface area contributed by atoms with Crippen LogP contribution in [0, 0.1) is 10.1 Å². The maximum Gasteiger partial charge on any atom is 0.422 e. The van der Waals surface area contributed by atoms with E-state index in [9.17, 15) is 23.3 Å². The molecule has 0 spiro atoms. The van der Waals surface area contributed by atoms with Gasteiger partial charge in [-0.2, -0.15) is 13.2 Å². The number of methoxy groups -OCH3 is 1. The van der Waals surface area contributed by atoms with E-state index in [2.05, 4.69) is 21.9 Å². The molecule has 0 amide bonds. The van der Waals surface area contributed by atoms with Crippen LogP contribution in [0.4, 0.5) is 18.9 Å². The lowest BCUT2D eigenvalue weighted by molar-refractivity contribution is -0.385. The fourth-order valence-corrected chi connectivity index (χ4v) is 3.25. The summed E-state index contributed by atoms with van der Waals surface area (Å²) in [4.78, 5) is 13.1. The van der Waals surface area contributed by atoms with Gasteiger partial charge in [0.2, 0.25) is 0 Å².